The summed E-state index contributed by atoms with van der Waals surface area (Å²) in [6.45, 7) is 8.39. The molecule has 2 amide bonds. The van der Waals surface area contributed by atoms with E-state index in [-0.39, 0.29) is 19.2 Å². The minimum atomic E-state index is 0. The molecule has 0 spiro atoms. The van der Waals surface area contributed by atoms with Crippen LogP contribution in [-0.2, 0) is 11.2 Å². The lowest BCUT2D eigenvalue weighted by atomic mass is 9.78. The normalized spacial score (nSPS) is 23.7. The third-order valence-electron chi connectivity index (χ3n) is 6.92. The third kappa shape index (κ3) is 6.31. The standard InChI is InChI=1S/C23H33N3O2.C2H6.CH4/c1-24-13-15-25(16-14-24)22(27)17-18-8-10-20(11-9-18)23(28)26-12-4-6-19-5-2-3-7-21(19)26;1-2;/h8-11,19,21H,2-7,12-17H2,1H3;1-2H3;1H4. The van der Waals surface area contributed by atoms with Gasteiger partial charge in [-0.1, -0.05) is 46.2 Å². The van der Waals surface area contributed by atoms with E-state index < -0.39 is 0 Å². The summed E-state index contributed by atoms with van der Waals surface area (Å²) >= 11 is 0. The number of carbonyl (C=O) groups excluding carboxylic acids is 2. The van der Waals surface area contributed by atoms with E-state index >= 15 is 0 Å². The van der Waals surface area contributed by atoms with Crippen LogP contribution in [-0.4, -0.2) is 72.3 Å². The molecule has 1 aromatic rings. The average molecular weight is 430 g/mol. The first-order valence-electron chi connectivity index (χ1n) is 12.0. The van der Waals surface area contributed by atoms with Crippen LogP contribution in [0.4, 0.5) is 0 Å². The number of carbonyl (C=O) groups is 2. The lowest BCUT2D eigenvalue weighted by Gasteiger charge is -2.44. The van der Waals surface area contributed by atoms with Crippen LogP contribution in [0.2, 0.25) is 0 Å². The number of piperazine rings is 1. The van der Waals surface area contributed by atoms with Gasteiger partial charge in [0.2, 0.25) is 5.91 Å². The SMILES string of the molecule is C.CC.CN1CCN(C(=O)Cc2ccc(C(=O)N3CCCC4CCCCC43)cc2)CC1. The molecule has 174 valence electrons. The maximum Gasteiger partial charge on any atom is 0.254 e. The molecule has 1 saturated carbocycles. The summed E-state index contributed by atoms with van der Waals surface area (Å²) in [4.78, 5) is 32.0. The van der Waals surface area contributed by atoms with Crippen LogP contribution in [0.1, 0.15) is 75.7 Å². The Balaban J connectivity index is 0.00000111. The highest BCUT2D eigenvalue weighted by atomic mass is 16.2. The molecule has 0 radical (unpaired) electrons. The molecule has 1 aromatic carbocycles. The maximum atomic E-state index is 13.1. The van der Waals surface area contributed by atoms with Crippen molar-refractivity contribution in [2.24, 2.45) is 5.92 Å². The van der Waals surface area contributed by atoms with Crippen LogP contribution < -0.4 is 0 Å². The number of likely N-dealkylation sites (tertiary alicyclic amines) is 1. The zero-order valence-electron chi connectivity index (χ0n) is 19.1. The Hall–Kier alpha value is -1.88. The molecule has 1 aliphatic carbocycles. The summed E-state index contributed by atoms with van der Waals surface area (Å²) in [6, 6.07) is 8.20. The van der Waals surface area contributed by atoms with E-state index in [9.17, 15) is 9.59 Å². The number of amides is 2. The molecule has 3 aliphatic rings. The van der Waals surface area contributed by atoms with E-state index in [1.807, 2.05) is 43.0 Å². The van der Waals surface area contributed by atoms with Gasteiger partial charge in [-0.3, -0.25) is 9.59 Å². The predicted molar refractivity (Wildman–Crippen MR) is 128 cm³/mol. The fourth-order valence-electron chi connectivity index (χ4n) is 5.15. The zero-order valence-corrected chi connectivity index (χ0v) is 19.1. The van der Waals surface area contributed by atoms with Crippen molar-refractivity contribution in [2.45, 2.75) is 72.3 Å². The highest BCUT2D eigenvalue weighted by molar-refractivity contribution is 5.94. The van der Waals surface area contributed by atoms with Gasteiger partial charge < -0.3 is 14.7 Å². The Morgan fingerprint density at radius 1 is 0.871 bits per heavy atom. The summed E-state index contributed by atoms with van der Waals surface area (Å²) in [6.07, 6.45) is 7.84. The third-order valence-corrected chi connectivity index (χ3v) is 6.92. The lowest BCUT2D eigenvalue weighted by Crippen LogP contribution is -2.49. The second-order valence-corrected chi connectivity index (χ2v) is 8.81. The fourth-order valence-corrected chi connectivity index (χ4v) is 5.15. The second-order valence-electron chi connectivity index (χ2n) is 8.81. The summed E-state index contributed by atoms with van der Waals surface area (Å²) in [5, 5.41) is 0. The van der Waals surface area contributed by atoms with Gasteiger partial charge in [-0.2, -0.15) is 0 Å². The van der Waals surface area contributed by atoms with Gasteiger partial charge >= 0.3 is 0 Å². The van der Waals surface area contributed by atoms with Crippen molar-refractivity contribution in [2.75, 3.05) is 39.8 Å². The Kier molecular flexibility index (Phi) is 10.0. The number of nitrogens with zero attached hydrogens (tertiary/aromatic N) is 3. The minimum Gasteiger partial charge on any atom is -0.340 e. The number of benzene rings is 1. The molecule has 4 rings (SSSR count). The summed E-state index contributed by atoms with van der Waals surface area (Å²) in [5.74, 6) is 1.06. The van der Waals surface area contributed by atoms with Crippen molar-refractivity contribution in [1.82, 2.24) is 14.7 Å². The van der Waals surface area contributed by atoms with Gasteiger partial charge in [-0.25, -0.2) is 0 Å². The molecule has 2 saturated heterocycles. The first-order chi connectivity index (χ1) is 14.6. The molecule has 0 N–H and O–H groups in total. The van der Waals surface area contributed by atoms with Crippen molar-refractivity contribution in [3.05, 3.63) is 35.4 Å². The number of hydrogen-bond acceptors (Lipinski definition) is 3. The Labute approximate surface area is 189 Å². The lowest BCUT2D eigenvalue weighted by molar-refractivity contribution is -0.132. The van der Waals surface area contributed by atoms with Gasteiger partial charge in [0.25, 0.3) is 5.91 Å². The minimum absolute atomic E-state index is 0. The Bertz CT molecular complexity index is 693. The van der Waals surface area contributed by atoms with Crippen molar-refractivity contribution in [3.8, 4) is 0 Å². The largest absolute Gasteiger partial charge is 0.340 e. The molecule has 0 aromatic heterocycles. The number of piperidine rings is 1. The van der Waals surface area contributed by atoms with Crippen LogP contribution in [0, 0.1) is 5.92 Å². The molecule has 2 aliphatic heterocycles. The van der Waals surface area contributed by atoms with E-state index in [0.29, 0.717) is 18.4 Å². The van der Waals surface area contributed by atoms with Crippen molar-refractivity contribution < 1.29 is 9.59 Å². The van der Waals surface area contributed by atoms with Gasteiger partial charge in [0.15, 0.2) is 0 Å². The van der Waals surface area contributed by atoms with Gasteiger partial charge in [0.1, 0.15) is 0 Å². The van der Waals surface area contributed by atoms with Crippen LogP contribution in [0.15, 0.2) is 24.3 Å². The van der Waals surface area contributed by atoms with Crippen LogP contribution in [0.3, 0.4) is 0 Å². The molecule has 31 heavy (non-hydrogen) atoms. The molecule has 2 heterocycles. The molecular formula is C26H43N3O2. The molecule has 5 heteroatoms. The maximum absolute atomic E-state index is 13.1. The van der Waals surface area contributed by atoms with Crippen molar-refractivity contribution in [1.29, 1.82) is 0 Å². The van der Waals surface area contributed by atoms with Gasteiger partial charge in [-0.05, 0) is 56.3 Å². The number of rotatable bonds is 3. The van der Waals surface area contributed by atoms with E-state index in [2.05, 4.69) is 16.8 Å². The number of likely N-dealkylation sites (N-methyl/N-ethyl adjacent to an activating group) is 1. The van der Waals surface area contributed by atoms with Crippen LogP contribution >= 0.6 is 0 Å². The molecule has 0 bridgehead atoms. The highest BCUT2D eigenvalue weighted by Gasteiger charge is 2.35. The first kappa shape index (κ1) is 25.4. The first-order valence-corrected chi connectivity index (χ1v) is 12.0. The predicted octanol–water partition coefficient (Wildman–Crippen LogP) is 4.46. The summed E-state index contributed by atoms with van der Waals surface area (Å²) in [7, 11) is 2.09. The molecule has 3 fully saturated rings. The van der Waals surface area contributed by atoms with Crippen LogP contribution in [0.5, 0.6) is 0 Å². The van der Waals surface area contributed by atoms with E-state index in [1.54, 1.807) is 0 Å². The quantitative estimate of drug-likeness (QED) is 0.712. The van der Waals surface area contributed by atoms with Crippen molar-refractivity contribution in [3.63, 3.8) is 0 Å². The van der Waals surface area contributed by atoms with Gasteiger partial charge in [-0.15, -0.1) is 0 Å². The topological polar surface area (TPSA) is 43.9 Å². The Morgan fingerprint density at radius 3 is 2.16 bits per heavy atom. The average Bonchev–Trinajstić information content (AvgIpc) is 2.80. The van der Waals surface area contributed by atoms with Gasteiger partial charge in [0, 0.05) is 44.3 Å². The van der Waals surface area contributed by atoms with E-state index in [0.717, 1.165) is 56.7 Å². The zero-order chi connectivity index (χ0) is 21.5. The molecular weight excluding hydrogens is 386 g/mol. The van der Waals surface area contributed by atoms with E-state index in [4.69, 9.17) is 0 Å². The Morgan fingerprint density at radius 2 is 1.48 bits per heavy atom. The van der Waals surface area contributed by atoms with Crippen LogP contribution in [0.25, 0.3) is 0 Å². The number of hydrogen-bond donors (Lipinski definition) is 0. The smallest absolute Gasteiger partial charge is 0.254 e. The van der Waals surface area contributed by atoms with E-state index in [1.165, 1.54) is 25.7 Å². The summed E-state index contributed by atoms with van der Waals surface area (Å²) in [5.41, 5.74) is 1.76. The van der Waals surface area contributed by atoms with Crippen molar-refractivity contribution >= 4 is 11.8 Å². The highest BCUT2D eigenvalue weighted by Crippen LogP contribution is 2.35. The molecule has 2 unspecified atom stereocenters. The van der Waals surface area contributed by atoms with Gasteiger partial charge in [0.05, 0.1) is 6.42 Å². The fraction of sp³-hybridized carbons (Fsp3) is 0.692. The molecule has 2 atom stereocenters. The summed E-state index contributed by atoms with van der Waals surface area (Å²) < 4.78 is 0. The second kappa shape index (κ2) is 12.2. The number of fused-ring (bicyclic) bond motifs is 1. The molecule has 5 nitrogen and oxygen atoms in total. The monoisotopic (exact) mass is 429 g/mol.